The van der Waals surface area contributed by atoms with Gasteiger partial charge in [0.15, 0.2) is 6.73 Å². The molecule has 0 bridgehead atoms. The molecule has 2 aromatic heterocycles. The van der Waals surface area contributed by atoms with Crippen molar-refractivity contribution in [3.8, 4) is 16.9 Å². The molecule has 10 heteroatoms. The fourth-order valence-electron chi connectivity index (χ4n) is 3.26. The second kappa shape index (κ2) is 9.97. The first-order valence-electron chi connectivity index (χ1n) is 10.1. The predicted molar refractivity (Wildman–Crippen MR) is 119 cm³/mol. The zero-order valence-electron chi connectivity index (χ0n) is 17.7. The number of benzene rings is 2. The summed E-state index contributed by atoms with van der Waals surface area (Å²) in [5.74, 6) is 1.07. The van der Waals surface area contributed by atoms with Crippen LogP contribution in [0.1, 0.15) is 11.1 Å². The van der Waals surface area contributed by atoms with Gasteiger partial charge >= 0.3 is 0 Å². The van der Waals surface area contributed by atoms with Gasteiger partial charge in [-0.1, -0.05) is 42.5 Å². The van der Waals surface area contributed by atoms with E-state index in [4.69, 9.17) is 15.4 Å². The van der Waals surface area contributed by atoms with Crippen LogP contribution in [0.25, 0.3) is 11.1 Å². The van der Waals surface area contributed by atoms with Gasteiger partial charge in [-0.25, -0.2) is 4.57 Å². The summed E-state index contributed by atoms with van der Waals surface area (Å²) in [6.07, 6.45) is 5.08. The van der Waals surface area contributed by atoms with Crippen molar-refractivity contribution < 1.29 is 28.2 Å². The molecule has 0 saturated heterocycles. The van der Waals surface area contributed by atoms with Crippen molar-refractivity contribution in [1.29, 1.82) is 0 Å². The number of pyridine rings is 1. The van der Waals surface area contributed by atoms with Gasteiger partial charge in [-0.05, 0) is 35.4 Å². The molecule has 0 radical (unpaired) electrons. The molecule has 2 aromatic carbocycles. The Morgan fingerprint density at radius 2 is 1.82 bits per heavy atom. The molecule has 0 aliphatic carbocycles. The summed E-state index contributed by atoms with van der Waals surface area (Å²) >= 11 is 0. The van der Waals surface area contributed by atoms with E-state index >= 15 is 0 Å². The molecule has 9 nitrogen and oxygen atoms in total. The molecular formula is C23H23N4O5P. The minimum Gasteiger partial charge on any atom is -0.756 e. The van der Waals surface area contributed by atoms with Crippen LogP contribution in [0, 0.1) is 0 Å². The molecule has 33 heavy (non-hydrogen) atoms. The number of nitrogens with two attached hydrogens (primary N) is 1. The molecule has 3 N–H and O–H groups in total. The standard InChI is InChI=1S/C23H23N4O5P/c24-23-22(7-4-12-26(23)17-32-33(28,29)30)20-13-25-27(15-20)14-18-8-10-21(11-9-18)31-16-19-5-2-1-3-6-19/h1-13,15,24H,14,16-17H2,(H2,28,29,30). The molecule has 2 heterocycles. The molecule has 4 rings (SSSR count). The van der Waals surface area contributed by atoms with Crippen molar-refractivity contribution in [2.24, 2.45) is 0 Å². The van der Waals surface area contributed by atoms with Gasteiger partial charge in [-0.3, -0.25) is 19.5 Å². The molecular weight excluding hydrogens is 443 g/mol. The van der Waals surface area contributed by atoms with Crippen molar-refractivity contribution in [2.75, 3.05) is 5.73 Å². The number of nitrogens with zero attached hydrogens (tertiary/aromatic N) is 3. The summed E-state index contributed by atoms with van der Waals surface area (Å²) in [6.45, 7) is 0.638. The molecule has 0 aliphatic heterocycles. The topological polar surface area (TPSA) is 127 Å². The lowest BCUT2D eigenvalue weighted by Crippen LogP contribution is -2.38. The Bertz CT molecular complexity index is 1260. The summed E-state index contributed by atoms with van der Waals surface area (Å²) in [7, 11) is -4.85. The monoisotopic (exact) mass is 466 g/mol. The van der Waals surface area contributed by atoms with Gasteiger partial charge in [0.25, 0.3) is 13.6 Å². The van der Waals surface area contributed by atoms with Crippen LogP contribution >= 0.6 is 7.82 Å². The van der Waals surface area contributed by atoms with Crippen LogP contribution in [0.2, 0.25) is 0 Å². The van der Waals surface area contributed by atoms with E-state index in [0.717, 1.165) is 22.4 Å². The number of nitrogen functional groups attached to an aromatic ring is 1. The fourth-order valence-corrected chi connectivity index (χ4v) is 3.53. The van der Waals surface area contributed by atoms with Crippen molar-refractivity contribution in [2.45, 2.75) is 19.9 Å². The van der Waals surface area contributed by atoms with Gasteiger partial charge in [0.1, 0.15) is 12.4 Å². The van der Waals surface area contributed by atoms with E-state index in [2.05, 4.69) is 9.62 Å². The van der Waals surface area contributed by atoms with Crippen LogP contribution in [0.4, 0.5) is 5.82 Å². The molecule has 170 valence electrons. The number of hydrogen-bond donors (Lipinski definition) is 2. The number of aromatic nitrogens is 3. The third-order valence-corrected chi connectivity index (χ3v) is 5.38. The zero-order chi connectivity index (χ0) is 23.3. The Kier molecular flexibility index (Phi) is 6.86. The summed E-state index contributed by atoms with van der Waals surface area (Å²) in [5.41, 5.74) is 9.74. The number of phosphoric acid groups is 1. The highest BCUT2D eigenvalue weighted by molar-refractivity contribution is 7.44. The van der Waals surface area contributed by atoms with Crippen LogP contribution in [0.5, 0.6) is 5.75 Å². The molecule has 1 unspecified atom stereocenters. The van der Waals surface area contributed by atoms with E-state index < -0.39 is 14.6 Å². The molecule has 4 aromatic rings. The van der Waals surface area contributed by atoms with Crippen molar-refractivity contribution in [3.05, 3.63) is 96.4 Å². The van der Waals surface area contributed by atoms with Gasteiger partial charge in [0.05, 0.1) is 24.5 Å². The van der Waals surface area contributed by atoms with Crippen LogP contribution in [-0.4, -0.2) is 14.7 Å². The first-order chi connectivity index (χ1) is 15.9. The fraction of sp³-hybridized carbons (Fsp3) is 0.130. The summed E-state index contributed by atoms with van der Waals surface area (Å²) in [5, 5.41) is 4.40. The maximum Gasteiger partial charge on any atom is 0.282 e. The number of hydrogen-bond acceptors (Lipinski definition) is 6. The Labute approximate surface area is 190 Å². The van der Waals surface area contributed by atoms with Crippen molar-refractivity contribution in [3.63, 3.8) is 0 Å². The van der Waals surface area contributed by atoms with E-state index in [1.165, 1.54) is 4.57 Å². The third kappa shape index (κ3) is 6.27. The highest BCUT2D eigenvalue weighted by Crippen LogP contribution is 2.30. The van der Waals surface area contributed by atoms with Crippen LogP contribution in [0.15, 0.2) is 85.3 Å². The first-order valence-corrected chi connectivity index (χ1v) is 11.6. The SMILES string of the molecule is Nc1c(-c2cnn(Cc3ccc(OCc4ccccc4)cc3)c2)ccc[n+]1COP(=O)([O-])O. The smallest absolute Gasteiger partial charge is 0.282 e. The van der Waals surface area contributed by atoms with Gasteiger partial charge in [0, 0.05) is 11.8 Å². The van der Waals surface area contributed by atoms with E-state index in [1.54, 1.807) is 29.2 Å². The van der Waals surface area contributed by atoms with Crippen molar-refractivity contribution >= 4 is 13.6 Å². The minimum atomic E-state index is -4.85. The van der Waals surface area contributed by atoms with Gasteiger partial charge in [-0.15, -0.1) is 0 Å². The lowest BCUT2D eigenvalue weighted by atomic mass is 10.1. The summed E-state index contributed by atoms with van der Waals surface area (Å²) in [4.78, 5) is 19.7. The number of phosphoric ester groups is 1. The highest BCUT2D eigenvalue weighted by atomic mass is 31.2. The van der Waals surface area contributed by atoms with E-state index in [1.807, 2.05) is 60.8 Å². The predicted octanol–water partition coefficient (Wildman–Crippen LogP) is 2.48. The molecule has 0 amide bonds. The van der Waals surface area contributed by atoms with E-state index in [9.17, 15) is 9.46 Å². The largest absolute Gasteiger partial charge is 0.756 e. The number of anilines is 1. The summed E-state index contributed by atoms with van der Waals surface area (Å²) in [6, 6.07) is 21.3. The lowest BCUT2D eigenvalue weighted by molar-refractivity contribution is -0.712. The maximum atomic E-state index is 10.9. The highest BCUT2D eigenvalue weighted by Gasteiger charge is 2.16. The lowest BCUT2D eigenvalue weighted by Gasteiger charge is -2.15. The normalized spacial score (nSPS) is 12.9. The molecule has 0 aliphatic rings. The summed E-state index contributed by atoms with van der Waals surface area (Å²) < 4.78 is 24.3. The average Bonchev–Trinajstić information content (AvgIpc) is 3.26. The third-order valence-electron chi connectivity index (χ3n) is 4.93. The molecule has 0 saturated carbocycles. The average molecular weight is 466 g/mol. The van der Waals surface area contributed by atoms with Gasteiger partial charge in [-0.2, -0.15) is 5.10 Å². The quantitative estimate of drug-likeness (QED) is 0.287. The van der Waals surface area contributed by atoms with E-state index in [0.29, 0.717) is 18.7 Å². The first kappa shape index (κ1) is 22.7. The Morgan fingerprint density at radius 1 is 1.06 bits per heavy atom. The van der Waals surface area contributed by atoms with Gasteiger partial charge < -0.3 is 14.5 Å². The molecule has 1 atom stereocenters. The Balaban J connectivity index is 1.40. The second-order valence-electron chi connectivity index (χ2n) is 7.35. The van der Waals surface area contributed by atoms with Crippen LogP contribution < -0.4 is 19.9 Å². The Hall–Kier alpha value is -3.49. The number of ether oxygens (including phenoxy) is 1. The molecule has 0 spiro atoms. The van der Waals surface area contributed by atoms with Crippen LogP contribution in [0.3, 0.4) is 0 Å². The van der Waals surface area contributed by atoms with Crippen LogP contribution in [-0.2, 0) is 29.0 Å². The minimum absolute atomic E-state index is 0.283. The van der Waals surface area contributed by atoms with E-state index in [-0.39, 0.29) is 5.82 Å². The second-order valence-corrected chi connectivity index (χ2v) is 8.54. The van der Waals surface area contributed by atoms with Crippen molar-refractivity contribution in [1.82, 2.24) is 9.78 Å². The van der Waals surface area contributed by atoms with Gasteiger partial charge in [0.2, 0.25) is 0 Å². The number of rotatable bonds is 9. The zero-order valence-corrected chi connectivity index (χ0v) is 18.5. The maximum absolute atomic E-state index is 10.9. The Morgan fingerprint density at radius 3 is 2.55 bits per heavy atom. The molecule has 0 fully saturated rings.